The molecule has 0 amide bonds. The largest absolute Gasteiger partial charge is 0.368 e. The lowest BCUT2D eigenvalue weighted by atomic mass is 10.1. The lowest BCUT2D eigenvalue weighted by molar-refractivity contribution is 0.0577. The molecule has 0 fully saturated rings. The van der Waals surface area contributed by atoms with Gasteiger partial charge < -0.3 is 4.74 Å². The Morgan fingerprint density at radius 1 is 1.00 bits per heavy atom. The topological polar surface area (TPSA) is 9.23 Å². The molecule has 0 radical (unpaired) electrons. The van der Waals surface area contributed by atoms with Gasteiger partial charge in [-0.15, -0.1) is 0 Å². The summed E-state index contributed by atoms with van der Waals surface area (Å²) in [6.45, 7) is 0.628. The minimum Gasteiger partial charge on any atom is -0.368 e. The van der Waals surface area contributed by atoms with Crippen molar-refractivity contribution in [3.8, 4) is 0 Å². The molecule has 0 aromatic heterocycles. The first kappa shape index (κ1) is 15.5. The first-order chi connectivity index (χ1) is 9.19. The number of benzene rings is 2. The van der Waals surface area contributed by atoms with Gasteiger partial charge in [-0.3, -0.25) is 0 Å². The Kier molecular flexibility index (Phi) is 6.32. The van der Waals surface area contributed by atoms with E-state index in [0.29, 0.717) is 6.61 Å². The molecule has 4 heteroatoms. The van der Waals surface area contributed by atoms with Crippen molar-refractivity contribution in [2.75, 3.05) is 4.43 Å². The second-order valence-electron chi connectivity index (χ2n) is 4.14. The number of ether oxygens (including phenoxy) is 1. The van der Waals surface area contributed by atoms with Crippen molar-refractivity contribution in [1.82, 2.24) is 0 Å². The molecule has 0 N–H and O–H groups in total. The van der Waals surface area contributed by atoms with E-state index < -0.39 is 0 Å². The van der Waals surface area contributed by atoms with Gasteiger partial charge in [-0.1, -0.05) is 78.7 Å². The van der Waals surface area contributed by atoms with Crippen LogP contribution in [0.25, 0.3) is 0 Å². The number of alkyl halides is 1. The van der Waals surface area contributed by atoms with Crippen molar-refractivity contribution in [3.63, 3.8) is 0 Å². The molecule has 0 aliphatic carbocycles. The van der Waals surface area contributed by atoms with Crippen LogP contribution in [0.15, 0.2) is 57.5 Å². The first-order valence-corrected chi connectivity index (χ1v) is 8.97. The monoisotopic (exact) mass is 494 g/mol. The van der Waals surface area contributed by atoms with E-state index in [2.05, 4.69) is 90.8 Å². The molecule has 1 nitrogen and oxygen atoms in total. The summed E-state index contributed by atoms with van der Waals surface area (Å²) < 4.78 is 9.13. The summed E-state index contributed by atoms with van der Waals surface area (Å²) in [5.41, 5.74) is 2.40. The highest BCUT2D eigenvalue weighted by Crippen LogP contribution is 2.24. The van der Waals surface area contributed by atoms with Crippen LogP contribution in [0.3, 0.4) is 0 Å². The minimum atomic E-state index is 0.132. The zero-order valence-electron chi connectivity index (χ0n) is 10.2. The predicted molar refractivity (Wildman–Crippen MR) is 94.7 cm³/mol. The Labute approximate surface area is 144 Å². The van der Waals surface area contributed by atoms with Crippen LogP contribution in [0.1, 0.15) is 17.2 Å². The van der Waals surface area contributed by atoms with E-state index in [-0.39, 0.29) is 6.10 Å². The standard InChI is InChI=1S/C15H13Br2IO/c16-13-6-4-12(5-7-13)15(9-18)19-10-11-2-1-3-14(17)8-11/h1-8,15H,9-10H2. The van der Waals surface area contributed by atoms with Gasteiger partial charge >= 0.3 is 0 Å². The van der Waals surface area contributed by atoms with E-state index in [4.69, 9.17) is 4.74 Å². The van der Waals surface area contributed by atoms with E-state index in [9.17, 15) is 0 Å². The van der Waals surface area contributed by atoms with Crippen molar-refractivity contribution in [2.45, 2.75) is 12.7 Å². The van der Waals surface area contributed by atoms with Crippen LogP contribution in [-0.2, 0) is 11.3 Å². The lowest BCUT2D eigenvalue weighted by Crippen LogP contribution is -2.05. The first-order valence-electron chi connectivity index (χ1n) is 5.86. The highest BCUT2D eigenvalue weighted by atomic mass is 127. The molecule has 2 aromatic rings. The Balaban J connectivity index is 2.01. The summed E-state index contributed by atoms with van der Waals surface area (Å²) in [5, 5.41) is 0. The molecule has 0 saturated carbocycles. The number of hydrogen-bond acceptors (Lipinski definition) is 1. The Bertz CT molecular complexity index is 528. The Morgan fingerprint density at radius 3 is 2.37 bits per heavy atom. The number of hydrogen-bond donors (Lipinski definition) is 0. The third-order valence-electron chi connectivity index (χ3n) is 2.72. The Morgan fingerprint density at radius 2 is 1.74 bits per heavy atom. The molecule has 0 bridgehead atoms. The molecule has 19 heavy (non-hydrogen) atoms. The van der Waals surface area contributed by atoms with E-state index in [0.717, 1.165) is 13.4 Å². The maximum atomic E-state index is 6.01. The molecule has 1 unspecified atom stereocenters. The molecular formula is C15H13Br2IO. The van der Waals surface area contributed by atoms with Crippen LogP contribution in [0.4, 0.5) is 0 Å². The third-order valence-corrected chi connectivity index (χ3v) is 4.54. The molecule has 2 aromatic carbocycles. The van der Waals surface area contributed by atoms with Crippen LogP contribution < -0.4 is 0 Å². The molecule has 100 valence electrons. The van der Waals surface area contributed by atoms with Crippen LogP contribution in [0.2, 0.25) is 0 Å². The predicted octanol–water partition coefficient (Wildman–Crippen LogP) is 5.90. The average Bonchev–Trinajstić information content (AvgIpc) is 2.41. The van der Waals surface area contributed by atoms with Crippen molar-refractivity contribution < 1.29 is 4.74 Å². The van der Waals surface area contributed by atoms with Crippen LogP contribution in [0, 0.1) is 0 Å². The van der Waals surface area contributed by atoms with Gasteiger partial charge in [-0.05, 0) is 35.4 Å². The van der Waals surface area contributed by atoms with Crippen LogP contribution >= 0.6 is 54.5 Å². The fourth-order valence-corrected chi connectivity index (χ4v) is 3.20. The molecule has 0 heterocycles. The van der Waals surface area contributed by atoms with E-state index in [1.165, 1.54) is 11.1 Å². The fraction of sp³-hybridized carbons (Fsp3) is 0.200. The quantitative estimate of drug-likeness (QED) is 0.370. The van der Waals surface area contributed by atoms with Gasteiger partial charge in [-0.25, -0.2) is 0 Å². The average molecular weight is 496 g/mol. The zero-order chi connectivity index (χ0) is 13.7. The third kappa shape index (κ3) is 4.85. The maximum absolute atomic E-state index is 6.01. The molecule has 1 atom stereocenters. The van der Waals surface area contributed by atoms with Crippen molar-refractivity contribution >= 4 is 54.5 Å². The molecular weight excluding hydrogens is 483 g/mol. The van der Waals surface area contributed by atoms with Crippen LogP contribution in [-0.4, -0.2) is 4.43 Å². The second kappa shape index (κ2) is 7.76. The van der Waals surface area contributed by atoms with Crippen molar-refractivity contribution in [1.29, 1.82) is 0 Å². The minimum absolute atomic E-state index is 0.132. The molecule has 2 rings (SSSR count). The van der Waals surface area contributed by atoms with Gasteiger partial charge in [0.15, 0.2) is 0 Å². The Hall–Kier alpha value is 0.0900. The highest BCUT2D eigenvalue weighted by molar-refractivity contribution is 14.1. The van der Waals surface area contributed by atoms with Gasteiger partial charge in [0.1, 0.15) is 0 Å². The summed E-state index contributed by atoms with van der Waals surface area (Å²) in [7, 11) is 0. The molecule has 0 saturated heterocycles. The summed E-state index contributed by atoms with van der Waals surface area (Å²) in [6.07, 6.45) is 0.132. The summed E-state index contributed by atoms with van der Waals surface area (Å²) in [5.74, 6) is 0. The SMILES string of the molecule is Brc1ccc(C(CI)OCc2cccc(Br)c2)cc1. The van der Waals surface area contributed by atoms with E-state index >= 15 is 0 Å². The van der Waals surface area contributed by atoms with Gasteiger partial charge in [0.25, 0.3) is 0 Å². The van der Waals surface area contributed by atoms with Crippen LogP contribution in [0.5, 0.6) is 0 Å². The zero-order valence-corrected chi connectivity index (χ0v) is 15.5. The smallest absolute Gasteiger partial charge is 0.0918 e. The van der Waals surface area contributed by atoms with Crippen molar-refractivity contribution in [3.05, 3.63) is 68.6 Å². The summed E-state index contributed by atoms with van der Waals surface area (Å²) >= 11 is 9.29. The second-order valence-corrected chi connectivity index (χ2v) is 6.85. The normalized spacial score (nSPS) is 12.4. The van der Waals surface area contributed by atoms with E-state index in [1.54, 1.807) is 0 Å². The highest BCUT2D eigenvalue weighted by Gasteiger charge is 2.10. The maximum Gasteiger partial charge on any atom is 0.0918 e. The van der Waals surface area contributed by atoms with Gasteiger partial charge in [0.05, 0.1) is 12.7 Å². The number of halogens is 3. The molecule has 0 spiro atoms. The molecule has 0 aliphatic heterocycles. The van der Waals surface area contributed by atoms with Crippen molar-refractivity contribution in [2.24, 2.45) is 0 Å². The number of rotatable bonds is 5. The fourth-order valence-electron chi connectivity index (χ4n) is 1.73. The lowest BCUT2D eigenvalue weighted by Gasteiger charge is -2.16. The summed E-state index contributed by atoms with van der Waals surface area (Å²) in [6, 6.07) is 16.5. The van der Waals surface area contributed by atoms with Gasteiger partial charge in [0, 0.05) is 13.4 Å². The van der Waals surface area contributed by atoms with Gasteiger partial charge in [-0.2, -0.15) is 0 Å². The van der Waals surface area contributed by atoms with E-state index in [1.807, 2.05) is 12.1 Å². The summed E-state index contributed by atoms with van der Waals surface area (Å²) in [4.78, 5) is 0. The van der Waals surface area contributed by atoms with Gasteiger partial charge in [0.2, 0.25) is 0 Å². The molecule has 0 aliphatic rings.